The zero-order valence-corrected chi connectivity index (χ0v) is 9.04. The molecule has 1 aliphatic rings. The molecule has 14 heavy (non-hydrogen) atoms. The lowest BCUT2D eigenvalue weighted by Crippen LogP contribution is -2.47. The van der Waals surface area contributed by atoms with Crippen LogP contribution in [0.15, 0.2) is 0 Å². The van der Waals surface area contributed by atoms with Crippen molar-refractivity contribution >= 4 is 11.8 Å². The maximum atomic E-state index is 11.4. The highest BCUT2D eigenvalue weighted by molar-refractivity contribution is 5.79. The van der Waals surface area contributed by atoms with Gasteiger partial charge in [0.15, 0.2) is 0 Å². The van der Waals surface area contributed by atoms with Crippen LogP contribution in [-0.4, -0.2) is 29.4 Å². The molecule has 1 atom stereocenters. The average molecular weight is 198 g/mol. The van der Waals surface area contributed by atoms with Crippen molar-refractivity contribution in [2.75, 3.05) is 6.54 Å². The van der Waals surface area contributed by atoms with E-state index in [2.05, 4.69) is 5.32 Å². The summed E-state index contributed by atoms with van der Waals surface area (Å²) in [6.45, 7) is 6.00. The standard InChI is InChI=1S/C10H18N2O2/c1-7(2)10(14)11-9-5-4-6-12(9)8(3)13/h7,9H,4-6H2,1-3H3,(H,11,14). The molecule has 1 unspecified atom stereocenters. The molecule has 0 radical (unpaired) electrons. The maximum absolute atomic E-state index is 11.4. The fourth-order valence-electron chi connectivity index (χ4n) is 1.62. The van der Waals surface area contributed by atoms with Crippen LogP contribution in [0.3, 0.4) is 0 Å². The second-order valence-electron chi connectivity index (χ2n) is 4.03. The maximum Gasteiger partial charge on any atom is 0.224 e. The molecule has 1 rings (SSSR count). The van der Waals surface area contributed by atoms with Crippen LogP contribution in [0.4, 0.5) is 0 Å². The lowest BCUT2D eigenvalue weighted by atomic mass is 10.2. The van der Waals surface area contributed by atoms with E-state index < -0.39 is 0 Å². The van der Waals surface area contributed by atoms with Crippen molar-refractivity contribution in [3.63, 3.8) is 0 Å². The molecule has 0 saturated carbocycles. The number of nitrogens with one attached hydrogen (secondary N) is 1. The molecular weight excluding hydrogens is 180 g/mol. The summed E-state index contributed by atoms with van der Waals surface area (Å²) in [5.74, 6) is 0.0316. The molecule has 1 N–H and O–H groups in total. The van der Waals surface area contributed by atoms with Gasteiger partial charge < -0.3 is 10.2 Å². The third kappa shape index (κ3) is 2.47. The lowest BCUT2D eigenvalue weighted by Gasteiger charge is -2.24. The number of carbonyl (C=O) groups excluding carboxylic acids is 2. The van der Waals surface area contributed by atoms with E-state index in [0.717, 1.165) is 19.4 Å². The topological polar surface area (TPSA) is 49.4 Å². The van der Waals surface area contributed by atoms with Crippen LogP contribution in [0.2, 0.25) is 0 Å². The molecule has 0 aromatic carbocycles. The normalized spacial score (nSPS) is 21.4. The Hall–Kier alpha value is -1.06. The molecule has 1 fully saturated rings. The van der Waals surface area contributed by atoms with Gasteiger partial charge in [0.1, 0.15) is 6.17 Å². The first kappa shape index (κ1) is 11.0. The largest absolute Gasteiger partial charge is 0.336 e. The van der Waals surface area contributed by atoms with E-state index in [4.69, 9.17) is 0 Å². The Morgan fingerprint density at radius 1 is 1.43 bits per heavy atom. The molecule has 4 heteroatoms. The summed E-state index contributed by atoms with van der Waals surface area (Å²) in [7, 11) is 0. The Morgan fingerprint density at radius 3 is 2.57 bits per heavy atom. The van der Waals surface area contributed by atoms with Gasteiger partial charge in [0.25, 0.3) is 0 Å². The fraction of sp³-hybridized carbons (Fsp3) is 0.800. The number of hydrogen-bond donors (Lipinski definition) is 1. The second-order valence-corrected chi connectivity index (χ2v) is 4.03. The first-order valence-corrected chi connectivity index (χ1v) is 5.10. The van der Waals surface area contributed by atoms with Crippen molar-refractivity contribution in [3.05, 3.63) is 0 Å². The molecule has 80 valence electrons. The van der Waals surface area contributed by atoms with Gasteiger partial charge in [-0.25, -0.2) is 0 Å². The van der Waals surface area contributed by atoms with Gasteiger partial charge in [-0.1, -0.05) is 13.8 Å². The zero-order chi connectivity index (χ0) is 10.7. The first-order chi connectivity index (χ1) is 6.52. The monoisotopic (exact) mass is 198 g/mol. The van der Waals surface area contributed by atoms with Gasteiger partial charge in [-0.3, -0.25) is 9.59 Å². The molecule has 0 aliphatic carbocycles. The van der Waals surface area contributed by atoms with E-state index in [1.165, 1.54) is 0 Å². The zero-order valence-electron chi connectivity index (χ0n) is 9.04. The van der Waals surface area contributed by atoms with Crippen molar-refractivity contribution < 1.29 is 9.59 Å². The molecule has 1 heterocycles. The van der Waals surface area contributed by atoms with E-state index >= 15 is 0 Å². The summed E-state index contributed by atoms with van der Waals surface area (Å²) >= 11 is 0. The SMILES string of the molecule is CC(=O)N1CCCC1NC(=O)C(C)C. The van der Waals surface area contributed by atoms with Crippen LogP contribution < -0.4 is 5.32 Å². The summed E-state index contributed by atoms with van der Waals surface area (Å²) in [5, 5.41) is 2.88. The number of nitrogens with zero attached hydrogens (tertiary/aromatic N) is 1. The number of likely N-dealkylation sites (tertiary alicyclic amines) is 1. The second kappa shape index (κ2) is 4.44. The van der Waals surface area contributed by atoms with Crippen LogP contribution in [0.25, 0.3) is 0 Å². The minimum atomic E-state index is -0.0811. The molecule has 0 aromatic heterocycles. The smallest absolute Gasteiger partial charge is 0.224 e. The summed E-state index contributed by atoms with van der Waals surface area (Å²) in [6, 6.07) is 0. The van der Waals surface area contributed by atoms with Crippen LogP contribution in [0.5, 0.6) is 0 Å². The predicted molar refractivity (Wildman–Crippen MR) is 53.4 cm³/mol. The minimum Gasteiger partial charge on any atom is -0.336 e. The average Bonchev–Trinajstić information content (AvgIpc) is 2.52. The summed E-state index contributed by atoms with van der Waals surface area (Å²) in [4.78, 5) is 24.3. The quantitative estimate of drug-likeness (QED) is 0.711. The van der Waals surface area contributed by atoms with Gasteiger partial charge in [-0.15, -0.1) is 0 Å². The van der Waals surface area contributed by atoms with E-state index in [0.29, 0.717) is 0 Å². The van der Waals surface area contributed by atoms with Crippen LogP contribution in [0.1, 0.15) is 33.6 Å². The first-order valence-electron chi connectivity index (χ1n) is 5.10. The molecule has 4 nitrogen and oxygen atoms in total. The third-order valence-electron chi connectivity index (χ3n) is 2.49. The van der Waals surface area contributed by atoms with Gasteiger partial charge in [0, 0.05) is 19.4 Å². The van der Waals surface area contributed by atoms with E-state index in [9.17, 15) is 9.59 Å². The number of hydrogen-bond acceptors (Lipinski definition) is 2. The number of carbonyl (C=O) groups is 2. The number of rotatable bonds is 2. The predicted octanol–water partition coefficient (Wildman–Crippen LogP) is 0.727. The van der Waals surface area contributed by atoms with Gasteiger partial charge in [-0.05, 0) is 12.8 Å². The molecule has 2 amide bonds. The molecule has 0 spiro atoms. The van der Waals surface area contributed by atoms with Gasteiger partial charge in [0.05, 0.1) is 0 Å². The van der Waals surface area contributed by atoms with Crippen molar-refractivity contribution in [3.8, 4) is 0 Å². The van der Waals surface area contributed by atoms with Crippen molar-refractivity contribution in [2.24, 2.45) is 5.92 Å². The Morgan fingerprint density at radius 2 is 2.07 bits per heavy atom. The van der Waals surface area contributed by atoms with Crippen molar-refractivity contribution in [1.29, 1.82) is 0 Å². The van der Waals surface area contributed by atoms with Gasteiger partial charge >= 0.3 is 0 Å². The Kier molecular flexibility index (Phi) is 3.49. The summed E-state index contributed by atoms with van der Waals surface area (Å²) < 4.78 is 0. The van der Waals surface area contributed by atoms with Crippen LogP contribution >= 0.6 is 0 Å². The Labute approximate surface area is 84.7 Å². The fourth-order valence-corrected chi connectivity index (χ4v) is 1.62. The van der Waals surface area contributed by atoms with Crippen molar-refractivity contribution in [2.45, 2.75) is 39.8 Å². The molecule has 1 saturated heterocycles. The van der Waals surface area contributed by atoms with Crippen LogP contribution in [-0.2, 0) is 9.59 Å². The van der Waals surface area contributed by atoms with Crippen molar-refractivity contribution in [1.82, 2.24) is 10.2 Å². The minimum absolute atomic E-state index is 0.0168. The Balaban J connectivity index is 2.51. The summed E-state index contributed by atoms with van der Waals surface area (Å²) in [6.07, 6.45) is 1.77. The molecule has 0 aromatic rings. The highest BCUT2D eigenvalue weighted by Gasteiger charge is 2.27. The molecule has 1 aliphatic heterocycles. The highest BCUT2D eigenvalue weighted by atomic mass is 16.2. The Bertz CT molecular complexity index is 238. The molecule has 0 bridgehead atoms. The van der Waals surface area contributed by atoms with E-state index in [1.54, 1.807) is 11.8 Å². The van der Waals surface area contributed by atoms with E-state index in [1.807, 2.05) is 13.8 Å². The lowest BCUT2D eigenvalue weighted by molar-refractivity contribution is -0.132. The number of amides is 2. The molecular formula is C10H18N2O2. The van der Waals surface area contributed by atoms with Gasteiger partial charge in [0.2, 0.25) is 11.8 Å². The third-order valence-corrected chi connectivity index (χ3v) is 2.49. The van der Waals surface area contributed by atoms with E-state index in [-0.39, 0.29) is 23.9 Å². The van der Waals surface area contributed by atoms with Gasteiger partial charge in [-0.2, -0.15) is 0 Å². The summed E-state index contributed by atoms with van der Waals surface area (Å²) in [5.41, 5.74) is 0. The van der Waals surface area contributed by atoms with Crippen LogP contribution in [0, 0.1) is 5.92 Å². The highest BCUT2D eigenvalue weighted by Crippen LogP contribution is 2.15.